The van der Waals surface area contributed by atoms with Crippen molar-refractivity contribution >= 4 is 33.7 Å². The Hall–Kier alpha value is -1.34. The van der Waals surface area contributed by atoms with Gasteiger partial charge in [-0.2, -0.15) is 0 Å². The molecule has 0 fully saturated rings. The van der Waals surface area contributed by atoms with Crippen molar-refractivity contribution < 1.29 is 9.90 Å². The van der Waals surface area contributed by atoms with Crippen LogP contribution in [0.15, 0.2) is 38.8 Å². The lowest BCUT2D eigenvalue weighted by Gasteiger charge is -2.06. The maximum atomic E-state index is 11.1. The number of benzene rings is 1. The third-order valence-electron chi connectivity index (χ3n) is 2.27. The molecule has 0 aliphatic rings. The Labute approximate surface area is 116 Å². The number of carboxylic acid groups (broad SMARTS) is 1. The maximum absolute atomic E-state index is 11.1. The molecule has 18 heavy (non-hydrogen) atoms. The van der Waals surface area contributed by atoms with Crippen LogP contribution in [0.3, 0.4) is 0 Å². The Balaban J connectivity index is 2.39. The standard InChI is InChI=1S/C11H10BrN3O2S/c1-2-15-10(6-13-14-15)18-9-5-7(12)3-4-8(9)11(16)17/h3-6H,2H2,1H3,(H,16,17). The first kappa shape index (κ1) is 13.1. The molecule has 1 aromatic carbocycles. The highest BCUT2D eigenvalue weighted by atomic mass is 79.9. The summed E-state index contributed by atoms with van der Waals surface area (Å²) in [7, 11) is 0. The molecule has 1 aromatic heterocycles. The van der Waals surface area contributed by atoms with Gasteiger partial charge in [0.15, 0.2) is 0 Å². The normalized spacial score (nSPS) is 10.6. The van der Waals surface area contributed by atoms with E-state index in [1.54, 1.807) is 29.1 Å². The second kappa shape index (κ2) is 5.53. The summed E-state index contributed by atoms with van der Waals surface area (Å²) >= 11 is 4.68. The van der Waals surface area contributed by atoms with E-state index in [-0.39, 0.29) is 5.56 Å². The highest BCUT2D eigenvalue weighted by Crippen LogP contribution is 2.32. The topological polar surface area (TPSA) is 68.0 Å². The van der Waals surface area contributed by atoms with Crippen molar-refractivity contribution in [3.05, 3.63) is 34.4 Å². The Kier molecular flexibility index (Phi) is 4.03. The van der Waals surface area contributed by atoms with Crippen LogP contribution >= 0.6 is 27.7 Å². The molecule has 1 N–H and O–H groups in total. The van der Waals surface area contributed by atoms with Gasteiger partial charge in [0.25, 0.3) is 0 Å². The van der Waals surface area contributed by atoms with Gasteiger partial charge in [0.2, 0.25) is 0 Å². The second-order valence-electron chi connectivity index (χ2n) is 3.44. The van der Waals surface area contributed by atoms with Gasteiger partial charge in [-0.05, 0) is 25.1 Å². The van der Waals surface area contributed by atoms with Crippen LogP contribution in [0.4, 0.5) is 0 Å². The van der Waals surface area contributed by atoms with Crippen LogP contribution in [0, 0.1) is 0 Å². The molecule has 0 aliphatic carbocycles. The summed E-state index contributed by atoms with van der Waals surface area (Å²) in [5.74, 6) is -0.944. The summed E-state index contributed by atoms with van der Waals surface area (Å²) in [6, 6.07) is 5.07. The minimum absolute atomic E-state index is 0.270. The van der Waals surface area contributed by atoms with Crippen LogP contribution in [0.1, 0.15) is 17.3 Å². The molecule has 94 valence electrons. The van der Waals surface area contributed by atoms with Gasteiger partial charge in [-0.15, -0.1) is 5.10 Å². The molecule has 0 bridgehead atoms. The number of carbonyl (C=O) groups is 1. The van der Waals surface area contributed by atoms with Crippen molar-refractivity contribution in [3.63, 3.8) is 0 Å². The smallest absolute Gasteiger partial charge is 0.336 e. The van der Waals surface area contributed by atoms with Gasteiger partial charge in [0.1, 0.15) is 5.03 Å². The molecule has 0 radical (unpaired) electrons. The van der Waals surface area contributed by atoms with Crippen molar-refractivity contribution in [3.8, 4) is 0 Å². The van der Waals surface area contributed by atoms with Gasteiger partial charge in [0.05, 0.1) is 11.8 Å². The first-order chi connectivity index (χ1) is 8.61. The van der Waals surface area contributed by atoms with Gasteiger partial charge < -0.3 is 5.11 Å². The fourth-order valence-electron chi connectivity index (χ4n) is 1.42. The molecule has 0 spiro atoms. The first-order valence-corrected chi connectivity index (χ1v) is 6.82. The lowest BCUT2D eigenvalue weighted by molar-refractivity contribution is 0.0693. The number of aromatic nitrogens is 3. The second-order valence-corrected chi connectivity index (χ2v) is 5.41. The average Bonchev–Trinajstić information content (AvgIpc) is 2.76. The summed E-state index contributed by atoms with van der Waals surface area (Å²) < 4.78 is 2.56. The molecule has 5 nitrogen and oxygen atoms in total. The molecular formula is C11H10BrN3O2S. The van der Waals surface area contributed by atoms with Crippen molar-refractivity contribution in [1.29, 1.82) is 0 Å². The van der Waals surface area contributed by atoms with Crippen LogP contribution in [0.2, 0.25) is 0 Å². The van der Waals surface area contributed by atoms with E-state index in [1.165, 1.54) is 11.8 Å². The van der Waals surface area contributed by atoms with Gasteiger partial charge in [-0.1, -0.05) is 32.9 Å². The minimum Gasteiger partial charge on any atom is -0.478 e. The molecule has 0 saturated carbocycles. The van der Waals surface area contributed by atoms with Crippen molar-refractivity contribution in [2.24, 2.45) is 0 Å². The van der Waals surface area contributed by atoms with Crippen LogP contribution in [-0.2, 0) is 6.54 Å². The van der Waals surface area contributed by atoms with E-state index in [9.17, 15) is 4.79 Å². The molecule has 7 heteroatoms. The number of carboxylic acids is 1. The van der Waals surface area contributed by atoms with Crippen molar-refractivity contribution in [2.45, 2.75) is 23.4 Å². The summed E-state index contributed by atoms with van der Waals surface area (Å²) in [5, 5.41) is 17.7. The van der Waals surface area contributed by atoms with Crippen LogP contribution in [0.5, 0.6) is 0 Å². The lowest BCUT2D eigenvalue weighted by Crippen LogP contribution is -2.01. The molecule has 0 aliphatic heterocycles. The fourth-order valence-corrected chi connectivity index (χ4v) is 2.98. The molecule has 0 saturated heterocycles. The van der Waals surface area contributed by atoms with E-state index < -0.39 is 5.97 Å². The third-order valence-corrected chi connectivity index (χ3v) is 3.85. The van der Waals surface area contributed by atoms with Crippen LogP contribution in [0.25, 0.3) is 0 Å². The van der Waals surface area contributed by atoms with E-state index in [1.807, 2.05) is 6.92 Å². The first-order valence-electron chi connectivity index (χ1n) is 5.21. The highest BCUT2D eigenvalue weighted by molar-refractivity contribution is 9.10. The molecule has 1 heterocycles. The average molecular weight is 328 g/mol. The van der Waals surface area contributed by atoms with Crippen molar-refractivity contribution in [2.75, 3.05) is 0 Å². The SMILES string of the molecule is CCn1nncc1Sc1cc(Br)ccc1C(=O)O. The molecular weight excluding hydrogens is 318 g/mol. The number of halogens is 1. The summed E-state index contributed by atoms with van der Waals surface area (Å²) in [4.78, 5) is 11.8. The zero-order valence-corrected chi connectivity index (χ0v) is 11.9. The van der Waals surface area contributed by atoms with Crippen LogP contribution < -0.4 is 0 Å². The van der Waals surface area contributed by atoms with Gasteiger partial charge in [-0.25, -0.2) is 9.48 Å². The van der Waals surface area contributed by atoms with Crippen molar-refractivity contribution in [1.82, 2.24) is 15.0 Å². The predicted octanol–water partition coefficient (Wildman–Crippen LogP) is 2.91. The molecule has 2 rings (SSSR count). The summed E-state index contributed by atoms with van der Waals surface area (Å²) in [6.07, 6.45) is 1.63. The van der Waals surface area contributed by atoms with Gasteiger partial charge in [0, 0.05) is 15.9 Å². The van der Waals surface area contributed by atoms with E-state index in [0.717, 1.165) is 9.50 Å². The highest BCUT2D eigenvalue weighted by Gasteiger charge is 2.13. The molecule has 0 atom stereocenters. The Morgan fingerprint density at radius 2 is 2.33 bits per heavy atom. The van der Waals surface area contributed by atoms with E-state index in [0.29, 0.717) is 11.4 Å². The number of aryl methyl sites for hydroxylation is 1. The fraction of sp³-hybridized carbons (Fsp3) is 0.182. The van der Waals surface area contributed by atoms with E-state index in [2.05, 4.69) is 26.2 Å². The van der Waals surface area contributed by atoms with Gasteiger partial charge in [-0.3, -0.25) is 0 Å². The lowest BCUT2D eigenvalue weighted by atomic mass is 10.2. The Morgan fingerprint density at radius 1 is 1.56 bits per heavy atom. The third kappa shape index (κ3) is 2.73. The van der Waals surface area contributed by atoms with E-state index in [4.69, 9.17) is 5.11 Å². The number of hydrogen-bond acceptors (Lipinski definition) is 4. The zero-order chi connectivity index (χ0) is 13.1. The minimum atomic E-state index is -0.944. The predicted molar refractivity (Wildman–Crippen MR) is 70.9 cm³/mol. The van der Waals surface area contributed by atoms with Crippen LogP contribution in [-0.4, -0.2) is 26.1 Å². The van der Waals surface area contributed by atoms with Gasteiger partial charge >= 0.3 is 5.97 Å². The summed E-state index contributed by atoms with van der Waals surface area (Å²) in [6.45, 7) is 2.65. The molecule has 0 unspecified atom stereocenters. The Bertz CT molecular complexity index is 585. The maximum Gasteiger partial charge on any atom is 0.336 e. The number of hydrogen-bond donors (Lipinski definition) is 1. The quantitative estimate of drug-likeness (QED) is 0.935. The number of rotatable bonds is 4. The zero-order valence-electron chi connectivity index (χ0n) is 9.50. The summed E-state index contributed by atoms with van der Waals surface area (Å²) in [5.41, 5.74) is 0.270. The largest absolute Gasteiger partial charge is 0.478 e. The molecule has 0 amide bonds. The number of aromatic carboxylic acids is 1. The molecule has 2 aromatic rings. The van der Waals surface area contributed by atoms with E-state index >= 15 is 0 Å². The number of nitrogens with zero attached hydrogens (tertiary/aromatic N) is 3. The monoisotopic (exact) mass is 327 g/mol. The Morgan fingerprint density at radius 3 is 3.00 bits per heavy atom.